The van der Waals surface area contributed by atoms with Crippen LogP contribution in [-0.2, 0) is 9.53 Å². The van der Waals surface area contributed by atoms with Crippen LogP contribution in [0.25, 0.3) is 0 Å². The van der Waals surface area contributed by atoms with Crippen molar-refractivity contribution < 1.29 is 9.53 Å². The maximum Gasteiger partial charge on any atom is 0.241 e. The third-order valence-corrected chi connectivity index (χ3v) is 3.37. The van der Waals surface area contributed by atoms with E-state index in [1.807, 2.05) is 18.7 Å². The topological polar surface area (TPSA) is 53.6 Å². The van der Waals surface area contributed by atoms with Crippen LogP contribution < -0.4 is 10.6 Å². The number of hydrogen-bond donors (Lipinski definition) is 2. The molecule has 17 heavy (non-hydrogen) atoms. The lowest BCUT2D eigenvalue weighted by Gasteiger charge is -2.38. The van der Waals surface area contributed by atoms with Gasteiger partial charge in [-0.3, -0.25) is 4.79 Å². The second kappa shape index (κ2) is 5.33. The van der Waals surface area contributed by atoms with Crippen molar-refractivity contribution in [3.8, 4) is 0 Å². The quantitative estimate of drug-likeness (QED) is 0.654. The molecule has 5 nitrogen and oxygen atoms in total. The molecule has 0 aliphatic carbocycles. The molecular formula is C12H23N3O2. The van der Waals surface area contributed by atoms with E-state index in [9.17, 15) is 4.79 Å². The molecule has 2 heterocycles. The summed E-state index contributed by atoms with van der Waals surface area (Å²) in [6.07, 6.45) is 0.274. The number of nitrogens with one attached hydrogen (secondary N) is 2. The fourth-order valence-corrected chi connectivity index (χ4v) is 2.54. The molecule has 2 unspecified atom stereocenters. The smallest absolute Gasteiger partial charge is 0.241 e. The molecule has 2 fully saturated rings. The summed E-state index contributed by atoms with van der Waals surface area (Å²) in [6, 6.07) is 0.366. The van der Waals surface area contributed by atoms with Crippen molar-refractivity contribution in [3.63, 3.8) is 0 Å². The van der Waals surface area contributed by atoms with E-state index in [4.69, 9.17) is 4.74 Å². The van der Waals surface area contributed by atoms with Crippen molar-refractivity contribution in [2.75, 3.05) is 26.2 Å². The number of amides is 1. The van der Waals surface area contributed by atoms with Crippen molar-refractivity contribution in [2.45, 2.75) is 45.1 Å². The van der Waals surface area contributed by atoms with E-state index in [-0.39, 0.29) is 24.2 Å². The monoisotopic (exact) mass is 241 g/mol. The molecule has 5 heteroatoms. The predicted molar refractivity (Wildman–Crippen MR) is 65.8 cm³/mol. The van der Waals surface area contributed by atoms with Crippen LogP contribution in [-0.4, -0.2) is 61.3 Å². The van der Waals surface area contributed by atoms with Crippen LogP contribution in [0, 0.1) is 0 Å². The number of nitrogens with zero attached hydrogens (tertiary/aromatic N) is 1. The van der Waals surface area contributed by atoms with Gasteiger partial charge >= 0.3 is 0 Å². The Hall–Kier alpha value is -0.650. The van der Waals surface area contributed by atoms with Gasteiger partial charge in [0.2, 0.25) is 5.91 Å². The van der Waals surface area contributed by atoms with Gasteiger partial charge in [0, 0.05) is 32.2 Å². The maximum atomic E-state index is 12.3. The van der Waals surface area contributed by atoms with E-state index in [1.54, 1.807) is 0 Å². The average molecular weight is 241 g/mol. The molecule has 2 aliphatic heterocycles. The maximum absolute atomic E-state index is 12.3. The molecule has 1 amide bonds. The first-order chi connectivity index (χ1) is 8.06. The Morgan fingerprint density at radius 1 is 1.12 bits per heavy atom. The summed E-state index contributed by atoms with van der Waals surface area (Å²) in [5, 5.41) is 6.63. The Labute approximate surface area is 103 Å². The van der Waals surface area contributed by atoms with Gasteiger partial charge < -0.3 is 20.3 Å². The highest BCUT2D eigenvalue weighted by Crippen LogP contribution is 2.12. The van der Waals surface area contributed by atoms with Crippen LogP contribution in [0.15, 0.2) is 0 Å². The van der Waals surface area contributed by atoms with E-state index in [1.165, 1.54) is 0 Å². The fraction of sp³-hybridized carbons (Fsp3) is 0.917. The Bertz CT molecular complexity index is 267. The van der Waals surface area contributed by atoms with Crippen LogP contribution in [0.4, 0.5) is 0 Å². The molecule has 0 bridgehead atoms. The summed E-state index contributed by atoms with van der Waals surface area (Å²) < 4.78 is 5.64. The molecule has 0 aromatic rings. The number of morpholine rings is 1. The second-order valence-electron chi connectivity index (χ2n) is 5.27. The predicted octanol–water partition coefficient (Wildman–Crippen LogP) is -0.428. The molecule has 2 N–H and O–H groups in total. The zero-order valence-corrected chi connectivity index (χ0v) is 10.9. The molecule has 0 aromatic carbocycles. The molecule has 0 aromatic heterocycles. The third kappa shape index (κ3) is 3.18. The third-order valence-electron chi connectivity index (χ3n) is 3.37. The number of piperazine rings is 1. The van der Waals surface area contributed by atoms with Gasteiger partial charge in [-0.2, -0.15) is 0 Å². The van der Waals surface area contributed by atoms with Crippen molar-refractivity contribution in [2.24, 2.45) is 0 Å². The van der Waals surface area contributed by atoms with Crippen LogP contribution in [0.3, 0.4) is 0 Å². The minimum Gasteiger partial charge on any atom is -0.372 e. The summed E-state index contributed by atoms with van der Waals surface area (Å²) in [5.41, 5.74) is 0. The highest BCUT2D eigenvalue weighted by Gasteiger charge is 2.31. The molecule has 2 aliphatic rings. The Balaban J connectivity index is 1.90. The summed E-state index contributed by atoms with van der Waals surface area (Å²) in [6.45, 7) is 9.14. The lowest BCUT2D eigenvalue weighted by molar-refractivity contribution is -0.145. The van der Waals surface area contributed by atoms with Gasteiger partial charge in [0.25, 0.3) is 0 Å². The highest BCUT2D eigenvalue weighted by molar-refractivity contribution is 5.82. The Morgan fingerprint density at radius 3 is 2.29 bits per heavy atom. The van der Waals surface area contributed by atoms with E-state index in [0.717, 1.165) is 13.1 Å². The normalized spacial score (nSPS) is 39.1. The number of ether oxygens (including phenoxy) is 1. The highest BCUT2D eigenvalue weighted by atomic mass is 16.5. The van der Waals surface area contributed by atoms with Crippen LogP contribution in [0.2, 0.25) is 0 Å². The van der Waals surface area contributed by atoms with Crippen LogP contribution in [0.1, 0.15) is 20.8 Å². The van der Waals surface area contributed by atoms with Gasteiger partial charge in [0.05, 0.1) is 18.2 Å². The van der Waals surface area contributed by atoms with Gasteiger partial charge in [0.1, 0.15) is 0 Å². The summed E-state index contributed by atoms with van der Waals surface area (Å²) >= 11 is 0. The molecule has 0 spiro atoms. The van der Waals surface area contributed by atoms with Gasteiger partial charge in [0.15, 0.2) is 0 Å². The Kier molecular flexibility index (Phi) is 4.01. The van der Waals surface area contributed by atoms with Crippen molar-refractivity contribution in [1.29, 1.82) is 0 Å². The average Bonchev–Trinajstić information content (AvgIpc) is 2.28. The number of hydrogen-bond acceptors (Lipinski definition) is 4. The zero-order chi connectivity index (χ0) is 12.4. The minimum absolute atomic E-state index is 0.0799. The van der Waals surface area contributed by atoms with Crippen molar-refractivity contribution in [3.05, 3.63) is 0 Å². The molecular weight excluding hydrogens is 218 g/mol. The van der Waals surface area contributed by atoms with Crippen molar-refractivity contribution in [1.82, 2.24) is 15.5 Å². The Morgan fingerprint density at radius 2 is 1.76 bits per heavy atom. The van der Waals surface area contributed by atoms with Gasteiger partial charge in [-0.05, 0) is 20.8 Å². The standard InChI is InChI=1S/C12H23N3O2/c1-8-4-14-11(5-13-8)12(16)15-6-9(2)17-10(3)7-15/h8-11,13-14H,4-7H2,1-3H3/t8?,9-,10+,11?. The van der Waals surface area contributed by atoms with Crippen LogP contribution in [0.5, 0.6) is 0 Å². The molecule has 4 atom stereocenters. The van der Waals surface area contributed by atoms with E-state index >= 15 is 0 Å². The summed E-state index contributed by atoms with van der Waals surface area (Å²) in [7, 11) is 0. The summed E-state index contributed by atoms with van der Waals surface area (Å²) in [5.74, 6) is 0.200. The number of carbonyl (C=O) groups excluding carboxylic acids is 1. The molecule has 98 valence electrons. The fourth-order valence-electron chi connectivity index (χ4n) is 2.54. The first kappa shape index (κ1) is 12.8. The van der Waals surface area contributed by atoms with E-state index < -0.39 is 0 Å². The largest absolute Gasteiger partial charge is 0.372 e. The first-order valence-electron chi connectivity index (χ1n) is 6.47. The summed E-state index contributed by atoms with van der Waals surface area (Å²) in [4.78, 5) is 14.2. The van der Waals surface area contributed by atoms with Gasteiger partial charge in [-0.1, -0.05) is 0 Å². The second-order valence-corrected chi connectivity index (χ2v) is 5.27. The lowest BCUT2D eigenvalue weighted by Crippen LogP contribution is -2.61. The molecule has 0 saturated carbocycles. The first-order valence-corrected chi connectivity index (χ1v) is 6.47. The lowest BCUT2D eigenvalue weighted by atomic mass is 10.1. The van der Waals surface area contributed by atoms with Gasteiger partial charge in [-0.15, -0.1) is 0 Å². The zero-order valence-electron chi connectivity index (χ0n) is 10.9. The molecule has 0 radical (unpaired) electrons. The minimum atomic E-state index is -0.0799. The van der Waals surface area contributed by atoms with Crippen LogP contribution >= 0.6 is 0 Å². The SMILES string of the molecule is CC1CNC(C(=O)N2C[C@@H](C)O[C@@H](C)C2)CN1. The molecule has 2 rings (SSSR count). The van der Waals surface area contributed by atoms with E-state index in [0.29, 0.717) is 19.1 Å². The van der Waals surface area contributed by atoms with Gasteiger partial charge in [-0.25, -0.2) is 0 Å². The van der Waals surface area contributed by atoms with Crippen molar-refractivity contribution >= 4 is 5.91 Å². The number of rotatable bonds is 1. The molecule has 2 saturated heterocycles. The number of carbonyl (C=O) groups is 1. The van der Waals surface area contributed by atoms with E-state index in [2.05, 4.69) is 17.6 Å².